The van der Waals surface area contributed by atoms with Gasteiger partial charge >= 0.3 is 0 Å². The average Bonchev–Trinajstić information content (AvgIpc) is 3.40. The number of morpholine rings is 1. The number of likely N-dealkylation sites (tertiary alicyclic amines) is 2. The number of likely N-dealkylation sites (N-methyl/N-ethyl adjacent to an activating group) is 1. The number of nitrogens with zero attached hydrogens (tertiary/aromatic N) is 5. The molecule has 0 spiro atoms. The summed E-state index contributed by atoms with van der Waals surface area (Å²) in [6, 6.07) is 0. The second-order valence-corrected chi connectivity index (χ2v) is 8.77. The quantitative estimate of drug-likeness (QED) is 0.351. The monoisotopic (exact) mass is 408 g/mol. The van der Waals surface area contributed by atoms with Crippen LogP contribution in [0.4, 0.5) is 0 Å². The Labute approximate surface area is 176 Å². The van der Waals surface area contributed by atoms with Crippen LogP contribution in [0.5, 0.6) is 0 Å². The predicted octanol–water partition coefficient (Wildman–Crippen LogP) is 0.160. The summed E-state index contributed by atoms with van der Waals surface area (Å²) in [4.78, 5) is 25.7. The Bertz CT molecular complexity index is 529. The first-order valence-electron chi connectivity index (χ1n) is 11.4. The zero-order valence-corrected chi connectivity index (χ0v) is 18.4. The highest BCUT2D eigenvalue weighted by molar-refractivity contribution is 5.85. The normalized spacial score (nSPS) is 24.3. The zero-order valence-electron chi connectivity index (χ0n) is 18.4. The van der Waals surface area contributed by atoms with Crippen molar-refractivity contribution in [3.63, 3.8) is 0 Å². The van der Waals surface area contributed by atoms with Crippen LogP contribution in [0.1, 0.15) is 25.7 Å². The summed E-state index contributed by atoms with van der Waals surface area (Å²) in [5.41, 5.74) is 0. The van der Waals surface area contributed by atoms with Crippen molar-refractivity contribution >= 4 is 11.9 Å². The van der Waals surface area contributed by atoms with E-state index in [1.165, 1.54) is 38.9 Å². The molecule has 166 valence electrons. The highest BCUT2D eigenvalue weighted by atomic mass is 16.5. The minimum atomic E-state index is 0.0467. The first-order valence-corrected chi connectivity index (χ1v) is 11.4. The van der Waals surface area contributed by atoms with Crippen molar-refractivity contribution in [3.05, 3.63) is 0 Å². The molecule has 3 aliphatic rings. The third-order valence-electron chi connectivity index (χ3n) is 6.20. The van der Waals surface area contributed by atoms with E-state index >= 15 is 0 Å². The van der Waals surface area contributed by atoms with Gasteiger partial charge in [0.25, 0.3) is 0 Å². The van der Waals surface area contributed by atoms with Gasteiger partial charge in [-0.25, -0.2) is 4.99 Å². The number of hydrogen-bond donors (Lipinski definition) is 1. The molecule has 1 N–H and O–H groups in total. The largest absolute Gasteiger partial charge is 0.379 e. The summed E-state index contributed by atoms with van der Waals surface area (Å²) in [6.07, 6.45) is 4.99. The lowest BCUT2D eigenvalue weighted by atomic mass is 10.1. The Morgan fingerprint density at radius 1 is 1.10 bits per heavy atom. The molecule has 0 aromatic carbocycles. The topological polar surface area (TPSA) is 63.7 Å². The SMILES string of the molecule is CN(C)C(=O)CN=C(NCCCN1CCOCC1)N1CCC(CN2CCCC2)C1. The fourth-order valence-corrected chi connectivity index (χ4v) is 4.38. The van der Waals surface area contributed by atoms with Crippen molar-refractivity contribution < 1.29 is 9.53 Å². The fraction of sp³-hybridized carbons (Fsp3) is 0.905. The first-order chi connectivity index (χ1) is 14.1. The summed E-state index contributed by atoms with van der Waals surface area (Å²) in [5, 5.41) is 3.54. The molecule has 1 amide bonds. The second kappa shape index (κ2) is 11.7. The molecule has 29 heavy (non-hydrogen) atoms. The molecule has 0 bridgehead atoms. The highest BCUT2D eigenvalue weighted by Crippen LogP contribution is 2.20. The van der Waals surface area contributed by atoms with E-state index < -0.39 is 0 Å². The molecule has 0 aromatic heterocycles. The number of aliphatic imine (C=N–C) groups is 1. The Kier molecular flexibility index (Phi) is 9.01. The van der Waals surface area contributed by atoms with Crippen LogP contribution < -0.4 is 5.32 Å². The number of carbonyl (C=O) groups excluding carboxylic acids is 1. The Hall–Kier alpha value is -1.38. The molecule has 3 heterocycles. The molecule has 8 nitrogen and oxygen atoms in total. The Balaban J connectivity index is 1.47. The van der Waals surface area contributed by atoms with Gasteiger partial charge in [-0.2, -0.15) is 0 Å². The molecule has 0 saturated carbocycles. The minimum absolute atomic E-state index is 0.0467. The maximum Gasteiger partial charge on any atom is 0.243 e. The summed E-state index contributed by atoms with van der Waals surface area (Å²) in [6.45, 7) is 11.7. The number of nitrogens with one attached hydrogen (secondary N) is 1. The average molecular weight is 409 g/mol. The van der Waals surface area contributed by atoms with Crippen molar-refractivity contribution in [2.45, 2.75) is 25.7 Å². The molecule has 3 rings (SSSR count). The van der Waals surface area contributed by atoms with E-state index in [-0.39, 0.29) is 12.5 Å². The van der Waals surface area contributed by atoms with Crippen molar-refractivity contribution in [1.82, 2.24) is 24.9 Å². The van der Waals surface area contributed by atoms with E-state index in [9.17, 15) is 4.79 Å². The molecule has 0 aromatic rings. The lowest BCUT2D eigenvalue weighted by Gasteiger charge is -2.27. The Morgan fingerprint density at radius 3 is 2.59 bits per heavy atom. The second-order valence-electron chi connectivity index (χ2n) is 8.77. The molecular formula is C21H40N6O2. The van der Waals surface area contributed by atoms with Gasteiger partial charge in [0, 0.05) is 53.4 Å². The lowest BCUT2D eigenvalue weighted by Crippen LogP contribution is -2.43. The zero-order chi connectivity index (χ0) is 20.5. The van der Waals surface area contributed by atoms with E-state index in [2.05, 4.69) is 25.0 Å². The maximum atomic E-state index is 12.0. The van der Waals surface area contributed by atoms with Crippen LogP contribution in [0.2, 0.25) is 0 Å². The van der Waals surface area contributed by atoms with Crippen LogP contribution in [0.25, 0.3) is 0 Å². The molecular weight excluding hydrogens is 368 g/mol. The van der Waals surface area contributed by atoms with E-state index in [4.69, 9.17) is 4.74 Å². The molecule has 0 radical (unpaired) electrons. The van der Waals surface area contributed by atoms with Gasteiger partial charge in [0.15, 0.2) is 5.96 Å². The number of rotatable bonds is 8. The molecule has 0 aliphatic carbocycles. The number of ether oxygens (including phenoxy) is 1. The van der Waals surface area contributed by atoms with Crippen molar-refractivity contribution in [2.24, 2.45) is 10.9 Å². The molecule has 3 saturated heterocycles. The van der Waals surface area contributed by atoms with Gasteiger partial charge in [-0.1, -0.05) is 0 Å². The fourth-order valence-electron chi connectivity index (χ4n) is 4.38. The van der Waals surface area contributed by atoms with Crippen LogP contribution in [0.15, 0.2) is 4.99 Å². The lowest BCUT2D eigenvalue weighted by molar-refractivity contribution is -0.127. The third-order valence-corrected chi connectivity index (χ3v) is 6.20. The maximum absolute atomic E-state index is 12.0. The first kappa shape index (κ1) is 22.3. The van der Waals surface area contributed by atoms with Crippen LogP contribution >= 0.6 is 0 Å². The van der Waals surface area contributed by atoms with Crippen LogP contribution in [0, 0.1) is 5.92 Å². The molecule has 1 atom stereocenters. The summed E-state index contributed by atoms with van der Waals surface area (Å²) >= 11 is 0. The van der Waals surface area contributed by atoms with E-state index in [0.717, 1.165) is 64.9 Å². The number of amides is 1. The van der Waals surface area contributed by atoms with Gasteiger partial charge in [-0.05, 0) is 51.2 Å². The molecule has 3 fully saturated rings. The van der Waals surface area contributed by atoms with E-state index in [1.54, 1.807) is 19.0 Å². The number of guanidine groups is 1. The summed E-state index contributed by atoms with van der Waals surface area (Å²) in [7, 11) is 3.57. The van der Waals surface area contributed by atoms with Crippen LogP contribution in [-0.2, 0) is 9.53 Å². The van der Waals surface area contributed by atoms with Gasteiger partial charge in [-0.3, -0.25) is 9.69 Å². The third kappa shape index (κ3) is 7.42. The van der Waals surface area contributed by atoms with Gasteiger partial charge in [0.1, 0.15) is 6.54 Å². The molecule has 1 unspecified atom stereocenters. The van der Waals surface area contributed by atoms with Crippen molar-refractivity contribution in [3.8, 4) is 0 Å². The van der Waals surface area contributed by atoms with Gasteiger partial charge in [-0.15, -0.1) is 0 Å². The Morgan fingerprint density at radius 2 is 1.86 bits per heavy atom. The van der Waals surface area contributed by atoms with Crippen molar-refractivity contribution in [1.29, 1.82) is 0 Å². The van der Waals surface area contributed by atoms with Crippen LogP contribution in [0.3, 0.4) is 0 Å². The van der Waals surface area contributed by atoms with Gasteiger partial charge < -0.3 is 24.8 Å². The number of hydrogen-bond acceptors (Lipinski definition) is 5. The summed E-state index contributed by atoms with van der Waals surface area (Å²) in [5.74, 6) is 1.66. The standard InChI is InChI=1S/C21H40N6O2/c1-24(2)20(28)16-23-21(22-7-5-10-25-12-14-29-15-13-25)27-11-6-19(18-27)17-26-8-3-4-9-26/h19H,3-18H2,1-2H3,(H,22,23). The van der Waals surface area contributed by atoms with Gasteiger partial charge in [0.2, 0.25) is 5.91 Å². The predicted molar refractivity (Wildman–Crippen MR) is 116 cm³/mol. The van der Waals surface area contributed by atoms with Crippen molar-refractivity contribution in [2.75, 3.05) is 92.8 Å². The minimum Gasteiger partial charge on any atom is -0.379 e. The van der Waals surface area contributed by atoms with E-state index in [1.807, 2.05) is 0 Å². The van der Waals surface area contributed by atoms with E-state index in [0.29, 0.717) is 5.92 Å². The highest BCUT2D eigenvalue weighted by Gasteiger charge is 2.27. The smallest absolute Gasteiger partial charge is 0.243 e. The van der Waals surface area contributed by atoms with Gasteiger partial charge in [0.05, 0.1) is 13.2 Å². The number of carbonyl (C=O) groups is 1. The van der Waals surface area contributed by atoms with Crippen LogP contribution in [-0.4, -0.2) is 124 Å². The summed E-state index contributed by atoms with van der Waals surface area (Å²) < 4.78 is 5.42. The molecule has 3 aliphatic heterocycles. The molecule has 8 heteroatoms.